The van der Waals surface area contributed by atoms with Crippen LogP contribution < -0.4 is 4.90 Å². The first-order valence-corrected chi connectivity index (χ1v) is 8.36. The fraction of sp³-hybridized carbons (Fsp3) is 0.588. The Labute approximate surface area is 136 Å². The van der Waals surface area contributed by atoms with E-state index < -0.39 is 0 Å². The van der Waals surface area contributed by atoms with Crippen molar-refractivity contribution in [3.05, 3.63) is 34.8 Å². The standard InChI is InChI=1S/C17H23N5O/c1-12-3-6-17(19-18-12)21-8-7-16-14(10-21)15(11-23-2)20-22(16)9-13-4-5-13/h3,6,13H,4-5,7-11H2,1-2H3. The molecule has 4 rings (SSSR count). The molecule has 2 aromatic rings. The lowest BCUT2D eigenvalue weighted by Crippen LogP contribution is -2.32. The Kier molecular flexibility index (Phi) is 3.77. The van der Waals surface area contributed by atoms with Gasteiger partial charge in [-0.1, -0.05) is 0 Å². The summed E-state index contributed by atoms with van der Waals surface area (Å²) in [6.07, 6.45) is 3.70. The molecule has 0 N–H and O–H groups in total. The van der Waals surface area contributed by atoms with E-state index in [4.69, 9.17) is 9.84 Å². The summed E-state index contributed by atoms with van der Waals surface area (Å²) in [5, 5.41) is 13.4. The summed E-state index contributed by atoms with van der Waals surface area (Å²) in [5.41, 5.74) is 4.73. The van der Waals surface area contributed by atoms with Gasteiger partial charge in [-0.05, 0) is 37.8 Å². The lowest BCUT2D eigenvalue weighted by atomic mass is 10.1. The van der Waals surface area contributed by atoms with Gasteiger partial charge in [-0.3, -0.25) is 4.68 Å². The molecule has 1 fully saturated rings. The highest BCUT2D eigenvalue weighted by Gasteiger charge is 2.29. The third-order valence-electron chi connectivity index (χ3n) is 4.73. The highest BCUT2D eigenvalue weighted by molar-refractivity contribution is 5.43. The first-order valence-electron chi connectivity index (χ1n) is 8.36. The molecule has 6 heteroatoms. The maximum absolute atomic E-state index is 5.36. The van der Waals surface area contributed by atoms with Gasteiger partial charge in [0.25, 0.3) is 0 Å². The monoisotopic (exact) mass is 313 g/mol. The van der Waals surface area contributed by atoms with Crippen LogP contribution in [0.3, 0.4) is 0 Å². The maximum Gasteiger partial charge on any atom is 0.151 e. The van der Waals surface area contributed by atoms with E-state index in [1.807, 2.05) is 13.0 Å². The van der Waals surface area contributed by atoms with E-state index in [0.29, 0.717) is 6.61 Å². The molecular formula is C17H23N5O. The molecule has 6 nitrogen and oxygen atoms in total. The molecule has 0 spiro atoms. The minimum absolute atomic E-state index is 0.577. The van der Waals surface area contributed by atoms with Gasteiger partial charge in [-0.25, -0.2) is 0 Å². The molecular weight excluding hydrogens is 290 g/mol. The summed E-state index contributed by atoms with van der Waals surface area (Å²) >= 11 is 0. The molecule has 1 saturated carbocycles. The minimum Gasteiger partial charge on any atom is -0.378 e. The second kappa shape index (κ2) is 5.92. The number of aryl methyl sites for hydroxylation is 1. The number of nitrogens with zero attached hydrogens (tertiary/aromatic N) is 5. The summed E-state index contributed by atoms with van der Waals surface area (Å²) in [4.78, 5) is 2.29. The Hall–Kier alpha value is -1.95. The molecule has 1 aliphatic heterocycles. The molecule has 0 radical (unpaired) electrons. The Morgan fingerprint density at radius 3 is 2.83 bits per heavy atom. The van der Waals surface area contributed by atoms with Crippen LogP contribution in [0.15, 0.2) is 12.1 Å². The van der Waals surface area contributed by atoms with Gasteiger partial charge in [-0.15, -0.1) is 5.10 Å². The van der Waals surface area contributed by atoms with Crippen LogP contribution in [0.2, 0.25) is 0 Å². The maximum atomic E-state index is 5.36. The zero-order valence-electron chi connectivity index (χ0n) is 13.8. The van der Waals surface area contributed by atoms with Gasteiger partial charge in [0.05, 0.1) is 18.0 Å². The largest absolute Gasteiger partial charge is 0.378 e. The molecule has 2 aliphatic rings. The first-order chi connectivity index (χ1) is 11.2. The van der Waals surface area contributed by atoms with E-state index in [-0.39, 0.29) is 0 Å². The summed E-state index contributed by atoms with van der Waals surface area (Å²) < 4.78 is 7.60. The van der Waals surface area contributed by atoms with E-state index in [0.717, 1.165) is 49.2 Å². The Morgan fingerprint density at radius 2 is 2.13 bits per heavy atom. The molecule has 0 unspecified atom stereocenters. The van der Waals surface area contributed by atoms with Gasteiger partial charge in [0.1, 0.15) is 0 Å². The Morgan fingerprint density at radius 1 is 1.26 bits per heavy atom. The molecule has 0 atom stereocenters. The predicted octanol–water partition coefficient (Wildman–Crippen LogP) is 2.10. The van der Waals surface area contributed by atoms with Crippen molar-refractivity contribution in [1.82, 2.24) is 20.0 Å². The average Bonchev–Trinajstić information content (AvgIpc) is 3.32. The summed E-state index contributed by atoms with van der Waals surface area (Å²) in [6.45, 7) is 5.41. The number of ether oxygens (including phenoxy) is 1. The third-order valence-corrected chi connectivity index (χ3v) is 4.73. The second-order valence-corrected chi connectivity index (χ2v) is 6.63. The summed E-state index contributed by atoms with van der Waals surface area (Å²) in [5.74, 6) is 1.77. The predicted molar refractivity (Wildman–Crippen MR) is 87.2 cm³/mol. The van der Waals surface area contributed by atoms with Crippen LogP contribution in [0, 0.1) is 12.8 Å². The van der Waals surface area contributed by atoms with Crippen LogP contribution >= 0.6 is 0 Å². The van der Waals surface area contributed by atoms with Crippen LogP contribution in [-0.2, 0) is 30.9 Å². The molecule has 122 valence electrons. The fourth-order valence-electron chi connectivity index (χ4n) is 3.27. The SMILES string of the molecule is COCc1nn(CC2CC2)c2c1CN(c1ccc(C)nn1)CC2. The number of anilines is 1. The van der Waals surface area contributed by atoms with Crippen molar-refractivity contribution in [2.75, 3.05) is 18.6 Å². The molecule has 0 amide bonds. The van der Waals surface area contributed by atoms with Gasteiger partial charge >= 0.3 is 0 Å². The number of rotatable bonds is 5. The number of methoxy groups -OCH3 is 1. The number of fused-ring (bicyclic) bond motifs is 1. The molecule has 0 saturated heterocycles. The van der Waals surface area contributed by atoms with Crippen molar-refractivity contribution >= 4 is 5.82 Å². The fourth-order valence-corrected chi connectivity index (χ4v) is 3.27. The topological polar surface area (TPSA) is 56.1 Å². The van der Waals surface area contributed by atoms with Crippen molar-refractivity contribution in [3.63, 3.8) is 0 Å². The van der Waals surface area contributed by atoms with Gasteiger partial charge in [0.2, 0.25) is 0 Å². The zero-order valence-corrected chi connectivity index (χ0v) is 13.8. The first kappa shape index (κ1) is 14.6. The number of aromatic nitrogens is 4. The van der Waals surface area contributed by atoms with Crippen molar-refractivity contribution in [2.24, 2.45) is 5.92 Å². The van der Waals surface area contributed by atoms with Gasteiger partial charge in [0.15, 0.2) is 5.82 Å². The van der Waals surface area contributed by atoms with Crippen LogP contribution in [0.4, 0.5) is 5.82 Å². The second-order valence-electron chi connectivity index (χ2n) is 6.63. The summed E-state index contributed by atoms with van der Waals surface area (Å²) in [6, 6.07) is 4.07. The normalized spacial score (nSPS) is 17.4. The number of hydrogen-bond acceptors (Lipinski definition) is 5. The van der Waals surface area contributed by atoms with Crippen LogP contribution in [0.1, 0.15) is 35.5 Å². The van der Waals surface area contributed by atoms with E-state index in [9.17, 15) is 0 Å². The Balaban J connectivity index is 1.61. The highest BCUT2D eigenvalue weighted by atomic mass is 16.5. The van der Waals surface area contributed by atoms with Crippen LogP contribution in [0.5, 0.6) is 0 Å². The summed E-state index contributed by atoms with van der Waals surface area (Å²) in [7, 11) is 1.73. The minimum atomic E-state index is 0.577. The van der Waals surface area contributed by atoms with Crippen molar-refractivity contribution in [1.29, 1.82) is 0 Å². The highest BCUT2D eigenvalue weighted by Crippen LogP contribution is 2.33. The lowest BCUT2D eigenvalue weighted by Gasteiger charge is -2.28. The molecule has 23 heavy (non-hydrogen) atoms. The van der Waals surface area contributed by atoms with E-state index >= 15 is 0 Å². The molecule has 3 heterocycles. The quantitative estimate of drug-likeness (QED) is 0.846. The lowest BCUT2D eigenvalue weighted by molar-refractivity contribution is 0.180. The molecule has 1 aliphatic carbocycles. The molecule has 0 bridgehead atoms. The van der Waals surface area contributed by atoms with Crippen molar-refractivity contribution in [3.8, 4) is 0 Å². The zero-order chi connectivity index (χ0) is 15.8. The van der Waals surface area contributed by atoms with E-state index in [1.165, 1.54) is 24.1 Å². The molecule has 0 aromatic carbocycles. The average molecular weight is 313 g/mol. The van der Waals surface area contributed by atoms with E-state index in [2.05, 4.69) is 25.8 Å². The van der Waals surface area contributed by atoms with Gasteiger partial charge in [-0.2, -0.15) is 10.2 Å². The Bertz CT molecular complexity index is 690. The van der Waals surface area contributed by atoms with Crippen molar-refractivity contribution < 1.29 is 4.74 Å². The van der Waals surface area contributed by atoms with Crippen LogP contribution in [-0.4, -0.2) is 33.6 Å². The van der Waals surface area contributed by atoms with Gasteiger partial charge in [0, 0.05) is 44.4 Å². The van der Waals surface area contributed by atoms with Gasteiger partial charge < -0.3 is 9.64 Å². The van der Waals surface area contributed by atoms with Crippen LogP contribution in [0.25, 0.3) is 0 Å². The van der Waals surface area contributed by atoms with Crippen molar-refractivity contribution in [2.45, 2.75) is 45.9 Å². The van der Waals surface area contributed by atoms with E-state index in [1.54, 1.807) is 7.11 Å². The molecule has 2 aromatic heterocycles. The third kappa shape index (κ3) is 2.95. The number of hydrogen-bond donors (Lipinski definition) is 0. The smallest absolute Gasteiger partial charge is 0.151 e.